The summed E-state index contributed by atoms with van der Waals surface area (Å²) in [6, 6.07) is 9.64. The van der Waals surface area contributed by atoms with Gasteiger partial charge in [0.15, 0.2) is 0 Å². The Bertz CT molecular complexity index is 730. The Morgan fingerprint density at radius 1 is 1.04 bits per heavy atom. The number of benzene rings is 1. The van der Waals surface area contributed by atoms with Gasteiger partial charge in [0.2, 0.25) is 0 Å². The summed E-state index contributed by atoms with van der Waals surface area (Å²) in [6.07, 6.45) is 11.3. The van der Waals surface area contributed by atoms with Gasteiger partial charge in [0.1, 0.15) is 0 Å². The van der Waals surface area contributed by atoms with E-state index in [1.54, 1.807) is 10.9 Å². The standard InChI is InChI=1S/C20H23N3O/c24-19(17-4-1-2-5-18(17)23-7-3-6-21-23)22-20-11-14-8-15(12-20)10-16(9-14)13-20/h1-7,14-16H,8-13H2,(H,22,24). The third-order valence-electron chi connectivity index (χ3n) is 6.32. The van der Waals surface area contributed by atoms with Crippen molar-refractivity contribution in [1.29, 1.82) is 0 Å². The first-order valence-corrected chi connectivity index (χ1v) is 9.12. The Labute approximate surface area is 142 Å². The highest BCUT2D eigenvalue weighted by atomic mass is 16.1. The first-order valence-electron chi connectivity index (χ1n) is 9.12. The van der Waals surface area contributed by atoms with E-state index in [9.17, 15) is 4.79 Å². The molecule has 124 valence electrons. The van der Waals surface area contributed by atoms with Crippen molar-refractivity contribution in [2.45, 2.75) is 44.1 Å². The van der Waals surface area contributed by atoms with Crippen molar-refractivity contribution in [3.05, 3.63) is 48.3 Å². The molecule has 4 aliphatic rings. The number of hydrogen-bond acceptors (Lipinski definition) is 2. The van der Waals surface area contributed by atoms with Crippen LogP contribution in [0.3, 0.4) is 0 Å². The molecule has 0 spiro atoms. The Hall–Kier alpha value is -2.10. The fourth-order valence-electron chi connectivity index (χ4n) is 5.85. The number of amides is 1. The van der Waals surface area contributed by atoms with Gasteiger partial charge < -0.3 is 5.32 Å². The van der Waals surface area contributed by atoms with Gasteiger partial charge in [-0.25, -0.2) is 4.68 Å². The van der Waals surface area contributed by atoms with Gasteiger partial charge in [0, 0.05) is 17.9 Å². The molecule has 6 rings (SSSR count). The SMILES string of the molecule is O=C(NC12CC3CC(CC(C3)C1)C2)c1ccccc1-n1cccn1. The van der Waals surface area contributed by atoms with Crippen molar-refractivity contribution in [2.24, 2.45) is 17.8 Å². The lowest BCUT2D eigenvalue weighted by Crippen LogP contribution is -2.59. The van der Waals surface area contributed by atoms with Gasteiger partial charge in [-0.3, -0.25) is 4.79 Å². The number of carbonyl (C=O) groups is 1. The molecule has 1 N–H and O–H groups in total. The highest BCUT2D eigenvalue weighted by molar-refractivity contribution is 5.98. The van der Waals surface area contributed by atoms with E-state index in [-0.39, 0.29) is 11.4 Å². The van der Waals surface area contributed by atoms with Crippen molar-refractivity contribution in [3.8, 4) is 5.69 Å². The monoisotopic (exact) mass is 321 g/mol. The van der Waals surface area contributed by atoms with Crippen molar-refractivity contribution in [2.75, 3.05) is 0 Å². The molecule has 2 aromatic rings. The van der Waals surface area contributed by atoms with E-state index in [4.69, 9.17) is 0 Å². The predicted molar refractivity (Wildman–Crippen MR) is 91.9 cm³/mol. The summed E-state index contributed by atoms with van der Waals surface area (Å²) in [4.78, 5) is 13.1. The summed E-state index contributed by atoms with van der Waals surface area (Å²) < 4.78 is 1.77. The largest absolute Gasteiger partial charge is 0.347 e. The van der Waals surface area contributed by atoms with E-state index in [0.29, 0.717) is 0 Å². The Morgan fingerprint density at radius 2 is 1.71 bits per heavy atom. The van der Waals surface area contributed by atoms with Crippen LogP contribution < -0.4 is 5.32 Å². The average Bonchev–Trinajstić information content (AvgIpc) is 3.07. The number of rotatable bonds is 3. The van der Waals surface area contributed by atoms with Crippen LogP contribution in [-0.2, 0) is 0 Å². The van der Waals surface area contributed by atoms with Crippen LogP contribution in [0.4, 0.5) is 0 Å². The minimum absolute atomic E-state index is 0.0447. The first-order chi connectivity index (χ1) is 11.7. The maximum Gasteiger partial charge on any atom is 0.253 e. The lowest BCUT2D eigenvalue weighted by Gasteiger charge is -2.56. The zero-order valence-electron chi connectivity index (χ0n) is 13.8. The summed E-state index contributed by atoms with van der Waals surface area (Å²) in [6.45, 7) is 0. The Morgan fingerprint density at radius 3 is 2.33 bits per heavy atom. The molecule has 1 aromatic heterocycles. The second kappa shape index (κ2) is 5.20. The molecule has 0 unspecified atom stereocenters. The number of nitrogens with one attached hydrogen (secondary N) is 1. The fraction of sp³-hybridized carbons (Fsp3) is 0.500. The fourth-order valence-corrected chi connectivity index (χ4v) is 5.85. The van der Waals surface area contributed by atoms with Gasteiger partial charge in [-0.2, -0.15) is 5.10 Å². The molecule has 1 heterocycles. The normalized spacial score (nSPS) is 33.6. The number of carbonyl (C=O) groups excluding carboxylic acids is 1. The molecule has 0 radical (unpaired) electrons. The van der Waals surface area contributed by atoms with E-state index in [0.717, 1.165) is 29.0 Å². The topological polar surface area (TPSA) is 46.9 Å². The van der Waals surface area contributed by atoms with Crippen LogP contribution in [0.15, 0.2) is 42.7 Å². The molecule has 4 saturated carbocycles. The zero-order valence-corrected chi connectivity index (χ0v) is 13.8. The second-order valence-corrected chi connectivity index (χ2v) is 8.12. The predicted octanol–water partition coefficient (Wildman–Crippen LogP) is 3.57. The molecule has 24 heavy (non-hydrogen) atoms. The van der Waals surface area contributed by atoms with Gasteiger partial charge in [0.05, 0.1) is 11.3 Å². The lowest BCUT2D eigenvalue weighted by atomic mass is 9.53. The summed E-state index contributed by atoms with van der Waals surface area (Å²) in [7, 11) is 0. The van der Waals surface area contributed by atoms with Gasteiger partial charge in [-0.1, -0.05) is 12.1 Å². The molecular weight excluding hydrogens is 298 g/mol. The summed E-state index contributed by atoms with van der Waals surface area (Å²) >= 11 is 0. The lowest BCUT2D eigenvalue weighted by molar-refractivity contribution is -0.0167. The molecule has 4 bridgehead atoms. The average molecular weight is 321 g/mol. The van der Waals surface area contributed by atoms with Crippen molar-refractivity contribution < 1.29 is 4.79 Å². The van der Waals surface area contributed by atoms with Crippen LogP contribution in [0.1, 0.15) is 48.9 Å². The number of nitrogens with zero attached hydrogens (tertiary/aromatic N) is 2. The minimum atomic E-state index is 0.0447. The molecule has 0 aliphatic heterocycles. The highest BCUT2D eigenvalue weighted by Gasteiger charge is 2.51. The van der Waals surface area contributed by atoms with Crippen LogP contribution in [0, 0.1) is 17.8 Å². The smallest absolute Gasteiger partial charge is 0.253 e. The van der Waals surface area contributed by atoms with Gasteiger partial charge in [-0.15, -0.1) is 0 Å². The molecule has 1 aromatic carbocycles. The molecule has 4 nitrogen and oxygen atoms in total. The molecule has 0 saturated heterocycles. The number of para-hydroxylation sites is 1. The van der Waals surface area contributed by atoms with Gasteiger partial charge >= 0.3 is 0 Å². The minimum Gasteiger partial charge on any atom is -0.347 e. The van der Waals surface area contributed by atoms with E-state index < -0.39 is 0 Å². The first kappa shape index (κ1) is 14.3. The van der Waals surface area contributed by atoms with Gasteiger partial charge in [0.25, 0.3) is 5.91 Å². The summed E-state index contributed by atoms with van der Waals surface area (Å²) in [5.41, 5.74) is 1.62. The van der Waals surface area contributed by atoms with Crippen molar-refractivity contribution in [1.82, 2.24) is 15.1 Å². The van der Waals surface area contributed by atoms with Crippen molar-refractivity contribution in [3.63, 3.8) is 0 Å². The molecular formula is C20H23N3O. The number of hydrogen-bond donors (Lipinski definition) is 1. The van der Waals surface area contributed by atoms with Crippen LogP contribution in [0.5, 0.6) is 0 Å². The quantitative estimate of drug-likeness (QED) is 0.939. The third-order valence-corrected chi connectivity index (χ3v) is 6.32. The van der Waals surface area contributed by atoms with E-state index in [2.05, 4.69) is 10.4 Å². The molecule has 4 aliphatic carbocycles. The van der Waals surface area contributed by atoms with E-state index in [1.807, 2.05) is 36.5 Å². The highest BCUT2D eigenvalue weighted by Crippen LogP contribution is 2.55. The Balaban J connectivity index is 1.44. The zero-order chi connectivity index (χ0) is 16.1. The number of aromatic nitrogens is 2. The van der Waals surface area contributed by atoms with Crippen molar-refractivity contribution >= 4 is 5.91 Å². The second-order valence-electron chi connectivity index (χ2n) is 8.12. The van der Waals surface area contributed by atoms with Gasteiger partial charge in [-0.05, 0) is 74.5 Å². The maximum absolute atomic E-state index is 13.1. The van der Waals surface area contributed by atoms with Crippen LogP contribution in [-0.4, -0.2) is 21.2 Å². The third kappa shape index (κ3) is 2.27. The maximum atomic E-state index is 13.1. The summed E-state index contributed by atoms with van der Waals surface area (Å²) in [5.74, 6) is 2.55. The molecule has 1 amide bonds. The molecule has 4 heteroatoms. The Kier molecular flexibility index (Phi) is 3.09. The van der Waals surface area contributed by atoms with Crippen LogP contribution in [0.2, 0.25) is 0 Å². The summed E-state index contributed by atoms with van der Waals surface area (Å²) in [5, 5.41) is 7.76. The van der Waals surface area contributed by atoms with E-state index >= 15 is 0 Å². The van der Waals surface area contributed by atoms with E-state index in [1.165, 1.54) is 38.5 Å². The van der Waals surface area contributed by atoms with Crippen LogP contribution >= 0.6 is 0 Å². The molecule has 4 fully saturated rings. The molecule has 0 atom stereocenters. The van der Waals surface area contributed by atoms with Crippen LogP contribution in [0.25, 0.3) is 5.69 Å².